The molecule has 0 bridgehead atoms. The summed E-state index contributed by atoms with van der Waals surface area (Å²) in [6.45, 7) is 8.44. The number of Topliss-reactive ketones (excluding diaryl/α,β-unsaturated/α-hetero) is 1. The third-order valence-electron chi connectivity index (χ3n) is 11.5. The largest absolute Gasteiger partial charge is 0.388 e. The summed E-state index contributed by atoms with van der Waals surface area (Å²) in [7, 11) is 0. The van der Waals surface area contributed by atoms with Crippen molar-refractivity contribution in [3.05, 3.63) is 52.9 Å². The number of allylic oxidation sites excluding steroid dienone is 1. The molecule has 0 saturated heterocycles. The van der Waals surface area contributed by atoms with E-state index in [2.05, 4.69) is 38.9 Å². The van der Waals surface area contributed by atoms with Gasteiger partial charge in [-0.05, 0) is 90.9 Å². The van der Waals surface area contributed by atoms with Gasteiger partial charge in [-0.15, -0.1) is 0 Å². The van der Waals surface area contributed by atoms with Crippen molar-refractivity contribution >= 4 is 11.9 Å². The summed E-state index contributed by atoms with van der Waals surface area (Å²) in [5.41, 5.74) is 1.46. The van der Waals surface area contributed by atoms with Crippen LogP contribution >= 0.6 is 0 Å². The fourth-order valence-corrected chi connectivity index (χ4v) is 10.0. The zero-order chi connectivity index (χ0) is 27.3. The van der Waals surface area contributed by atoms with Crippen molar-refractivity contribution in [3.63, 3.8) is 0 Å². The third-order valence-corrected chi connectivity index (χ3v) is 11.5. The van der Waals surface area contributed by atoms with Gasteiger partial charge in [-0.25, -0.2) is 13.5 Å². The molecule has 0 aliphatic heterocycles. The maximum absolute atomic E-state index is 14.0. The van der Waals surface area contributed by atoms with Gasteiger partial charge in [-0.3, -0.25) is 4.79 Å². The molecule has 5 nitrogen and oxygen atoms in total. The molecule has 2 aromatic rings. The van der Waals surface area contributed by atoms with Gasteiger partial charge in [0.05, 0.1) is 17.6 Å². The number of aliphatic hydroxyl groups excluding tert-OH is 1. The molecule has 4 aliphatic carbocycles. The van der Waals surface area contributed by atoms with Gasteiger partial charge in [0.15, 0.2) is 5.78 Å². The molecule has 1 aromatic carbocycles. The minimum absolute atomic E-state index is 0.0703. The molecule has 38 heavy (non-hydrogen) atoms. The zero-order valence-electron chi connectivity index (χ0n) is 22.7. The van der Waals surface area contributed by atoms with Gasteiger partial charge in [0.1, 0.15) is 23.8 Å². The number of benzene rings is 1. The van der Waals surface area contributed by atoms with Crippen molar-refractivity contribution < 1.29 is 23.8 Å². The molecule has 3 fully saturated rings. The Balaban J connectivity index is 1.43. The lowest BCUT2D eigenvalue weighted by Gasteiger charge is -2.66. The minimum Gasteiger partial charge on any atom is -0.388 e. The van der Waals surface area contributed by atoms with Crippen LogP contribution in [0.25, 0.3) is 11.8 Å². The van der Waals surface area contributed by atoms with Crippen molar-refractivity contribution in [2.45, 2.75) is 78.2 Å². The van der Waals surface area contributed by atoms with E-state index < -0.39 is 35.0 Å². The summed E-state index contributed by atoms with van der Waals surface area (Å²) >= 11 is 0. The van der Waals surface area contributed by atoms with Gasteiger partial charge in [0.25, 0.3) is 0 Å². The SMILES string of the molecule is CC[C@H]1C[C@@]2(C)[C@@H](CC[C@]2(O)C(=O)CO)[C@]2(C)CCC3=Cc4c(cnn4-c4cc(F)cc(F)c4)C[C@]3(C)[C@@H]12. The first-order valence-corrected chi connectivity index (χ1v) is 14.0. The second kappa shape index (κ2) is 8.31. The first-order valence-electron chi connectivity index (χ1n) is 14.0. The number of nitrogens with zero attached hydrogens (tertiary/aromatic N) is 2. The second-order valence-electron chi connectivity index (χ2n) is 13.2. The highest BCUT2D eigenvalue weighted by Gasteiger charge is 2.71. The topological polar surface area (TPSA) is 75.3 Å². The van der Waals surface area contributed by atoms with E-state index in [4.69, 9.17) is 0 Å². The predicted molar refractivity (Wildman–Crippen MR) is 140 cm³/mol. The Morgan fingerprint density at radius 1 is 1.16 bits per heavy atom. The van der Waals surface area contributed by atoms with E-state index in [1.165, 1.54) is 17.7 Å². The summed E-state index contributed by atoms with van der Waals surface area (Å²) in [5.74, 6) is -0.851. The van der Waals surface area contributed by atoms with Crippen molar-refractivity contribution in [2.75, 3.05) is 6.61 Å². The highest BCUT2D eigenvalue weighted by atomic mass is 19.1. The van der Waals surface area contributed by atoms with Crippen LogP contribution < -0.4 is 0 Å². The average molecular weight is 525 g/mol. The van der Waals surface area contributed by atoms with Gasteiger partial charge >= 0.3 is 0 Å². The van der Waals surface area contributed by atoms with E-state index in [1.807, 2.05) is 6.20 Å². The van der Waals surface area contributed by atoms with Crippen LogP contribution in [0.4, 0.5) is 8.78 Å². The van der Waals surface area contributed by atoms with Crippen LogP contribution in [0.2, 0.25) is 0 Å². The molecule has 6 rings (SSSR count). The third kappa shape index (κ3) is 3.21. The van der Waals surface area contributed by atoms with Crippen LogP contribution in [-0.4, -0.2) is 38.0 Å². The Hall–Kier alpha value is -2.38. The Morgan fingerprint density at radius 2 is 1.87 bits per heavy atom. The number of fused-ring (bicyclic) bond motifs is 6. The van der Waals surface area contributed by atoms with Crippen LogP contribution in [-0.2, 0) is 11.2 Å². The van der Waals surface area contributed by atoms with Crippen molar-refractivity contribution in [1.82, 2.24) is 9.78 Å². The molecule has 204 valence electrons. The Kier molecular flexibility index (Phi) is 5.66. The standard InChI is InChI=1S/C31H38F2N2O3/c1-5-18-15-30(4)25(7-9-31(30,38)26(37)17-36)28(2)8-6-20-10-24-19(14-29(20,3)27(18)28)16-34-35(24)23-12-21(32)11-22(33)13-23/h10-13,16,18,25,27,36,38H,5-9,14-15,17H2,1-4H3/t18-,25-,27-,28-,29-,30-,31-/m0/s1. The Labute approximate surface area is 222 Å². The maximum atomic E-state index is 14.0. The molecular weight excluding hydrogens is 486 g/mol. The quantitative estimate of drug-likeness (QED) is 0.542. The van der Waals surface area contributed by atoms with E-state index in [9.17, 15) is 23.8 Å². The monoisotopic (exact) mass is 524 g/mol. The highest BCUT2D eigenvalue weighted by Crippen LogP contribution is 2.74. The molecule has 1 heterocycles. The van der Waals surface area contributed by atoms with Crippen LogP contribution in [0, 0.1) is 45.6 Å². The summed E-state index contributed by atoms with van der Waals surface area (Å²) in [4.78, 5) is 12.9. The summed E-state index contributed by atoms with van der Waals surface area (Å²) in [6, 6.07) is 3.49. The van der Waals surface area contributed by atoms with Crippen LogP contribution in [0.15, 0.2) is 30.0 Å². The first-order chi connectivity index (χ1) is 17.9. The van der Waals surface area contributed by atoms with E-state index in [0.29, 0.717) is 23.9 Å². The molecule has 7 atom stereocenters. The Morgan fingerprint density at radius 3 is 2.53 bits per heavy atom. The number of aromatic nitrogens is 2. The van der Waals surface area contributed by atoms with Crippen molar-refractivity contribution in [3.8, 4) is 5.69 Å². The molecular formula is C31H38F2N2O3. The molecule has 0 unspecified atom stereocenters. The highest BCUT2D eigenvalue weighted by molar-refractivity contribution is 5.89. The van der Waals surface area contributed by atoms with Gasteiger partial charge < -0.3 is 10.2 Å². The summed E-state index contributed by atoms with van der Waals surface area (Å²) in [6.07, 6.45) is 9.58. The molecule has 1 aromatic heterocycles. The number of hydrogen-bond acceptors (Lipinski definition) is 4. The van der Waals surface area contributed by atoms with E-state index in [0.717, 1.165) is 55.8 Å². The van der Waals surface area contributed by atoms with Crippen LogP contribution in [0.3, 0.4) is 0 Å². The zero-order valence-corrected chi connectivity index (χ0v) is 22.7. The lowest BCUT2D eigenvalue weighted by molar-refractivity contribution is -0.191. The Bertz CT molecular complexity index is 1330. The second-order valence-corrected chi connectivity index (χ2v) is 13.2. The van der Waals surface area contributed by atoms with Crippen molar-refractivity contribution in [2.24, 2.45) is 34.0 Å². The van der Waals surface area contributed by atoms with Gasteiger partial charge in [0.2, 0.25) is 0 Å². The molecule has 3 saturated carbocycles. The van der Waals surface area contributed by atoms with E-state index in [-0.39, 0.29) is 16.7 Å². The predicted octanol–water partition coefficient (Wildman–Crippen LogP) is 5.65. The number of aliphatic hydroxyl groups is 2. The van der Waals surface area contributed by atoms with E-state index >= 15 is 0 Å². The molecule has 0 spiro atoms. The fourth-order valence-electron chi connectivity index (χ4n) is 10.0. The van der Waals surface area contributed by atoms with E-state index in [1.54, 1.807) is 4.68 Å². The molecule has 2 N–H and O–H groups in total. The number of carbonyl (C=O) groups excluding carboxylic acids is 1. The normalized spacial score (nSPS) is 39.6. The molecule has 7 heteroatoms. The first kappa shape index (κ1) is 25.9. The smallest absolute Gasteiger partial charge is 0.190 e. The maximum Gasteiger partial charge on any atom is 0.190 e. The average Bonchev–Trinajstić information content (AvgIpc) is 3.39. The molecule has 4 aliphatic rings. The van der Waals surface area contributed by atoms with Gasteiger partial charge in [-0.2, -0.15) is 5.10 Å². The lowest BCUT2D eigenvalue weighted by Crippen LogP contribution is -2.64. The number of carbonyl (C=O) groups is 1. The number of hydrogen-bond donors (Lipinski definition) is 2. The molecule has 0 radical (unpaired) electrons. The van der Waals surface area contributed by atoms with Gasteiger partial charge in [0, 0.05) is 11.5 Å². The number of halogens is 2. The van der Waals surface area contributed by atoms with Crippen molar-refractivity contribution in [1.29, 1.82) is 0 Å². The molecule has 0 amide bonds. The lowest BCUT2D eigenvalue weighted by atomic mass is 9.38. The van der Waals surface area contributed by atoms with Crippen LogP contribution in [0.5, 0.6) is 0 Å². The number of rotatable bonds is 4. The van der Waals surface area contributed by atoms with Crippen LogP contribution in [0.1, 0.15) is 77.5 Å². The minimum atomic E-state index is -1.48. The fraction of sp³-hybridized carbons (Fsp3) is 0.613. The summed E-state index contributed by atoms with van der Waals surface area (Å²) < 4.78 is 29.7. The number of ketones is 1. The van der Waals surface area contributed by atoms with Gasteiger partial charge in [-0.1, -0.05) is 39.7 Å². The summed E-state index contributed by atoms with van der Waals surface area (Å²) in [5, 5.41) is 26.0.